The van der Waals surface area contributed by atoms with Crippen molar-refractivity contribution in [3.63, 3.8) is 0 Å². The van der Waals surface area contributed by atoms with E-state index < -0.39 is 97.5 Å². The average Bonchev–Trinajstić information content (AvgIpc) is 3.65. The minimum atomic E-state index is -4.95. The molecule has 0 fully saturated rings. The maximum Gasteiger partial charge on any atom is 0.472 e. The van der Waals surface area contributed by atoms with Gasteiger partial charge >= 0.3 is 39.5 Å². The van der Waals surface area contributed by atoms with E-state index in [-0.39, 0.29) is 25.7 Å². The van der Waals surface area contributed by atoms with E-state index in [1.165, 1.54) is 161 Å². The van der Waals surface area contributed by atoms with Gasteiger partial charge in [-0.3, -0.25) is 37.3 Å². The fourth-order valence-electron chi connectivity index (χ4n) is 10.7. The molecular formula is C71H138O17P2. The third-order valence-electron chi connectivity index (χ3n) is 16.4. The summed E-state index contributed by atoms with van der Waals surface area (Å²) in [6.07, 6.45) is 46.1. The first-order chi connectivity index (χ1) is 43.2. The number of phosphoric ester groups is 2. The Morgan fingerprint density at radius 2 is 0.511 bits per heavy atom. The van der Waals surface area contributed by atoms with Crippen molar-refractivity contribution in [2.75, 3.05) is 39.6 Å². The molecule has 0 aromatic carbocycles. The molecule has 3 N–H and O–H groups in total. The van der Waals surface area contributed by atoms with E-state index in [2.05, 4.69) is 48.5 Å². The van der Waals surface area contributed by atoms with E-state index in [9.17, 15) is 43.2 Å². The van der Waals surface area contributed by atoms with Crippen LogP contribution in [0.25, 0.3) is 0 Å². The second kappa shape index (κ2) is 61.9. The SMILES string of the molecule is CCCCCCCCCCC(=O)OC[C@H](COP(=O)(O)OC[C@H](O)COP(=O)(O)OC[C@@H](COC(=O)CCCCCCCCCCCCCC(C)C)OC(=O)CCCCCCCCCCCCCCCCCCC(C)C)OC(=O)CCCCCCCCC(C)C. The molecule has 0 rings (SSSR count). The number of aliphatic hydroxyl groups excluding tert-OH is 1. The molecule has 534 valence electrons. The first-order valence-corrected chi connectivity index (χ1v) is 39.8. The number of hydrogen-bond acceptors (Lipinski definition) is 15. The van der Waals surface area contributed by atoms with Crippen LogP contribution in [0, 0.1) is 17.8 Å². The first kappa shape index (κ1) is 88.1. The zero-order valence-corrected chi connectivity index (χ0v) is 60.4. The summed E-state index contributed by atoms with van der Waals surface area (Å²) in [6, 6.07) is 0. The Labute approximate surface area is 549 Å². The van der Waals surface area contributed by atoms with Crippen LogP contribution in [0.5, 0.6) is 0 Å². The van der Waals surface area contributed by atoms with Gasteiger partial charge in [-0.2, -0.15) is 0 Å². The second-order valence-corrected chi connectivity index (χ2v) is 30.0. The van der Waals surface area contributed by atoms with Crippen LogP contribution in [0.3, 0.4) is 0 Å². The third kappa shape index (κ3) is 64.8. The monoisotopic (exact) mass is 1320 g/mol. The van der Waals surface area contributed by atoms with Crippen molar-refractivity contribution in [3.05, 3.63) is 0 Å². The molecule has 0 saturated heterocycles. The van der Waals surface area contributed by atoms with Gasteiger partial charge in [-0.1, -0.05) is 305 Å². The third-order valence-corrected chi connectivity index (χ3v) is 18.3. The Bertz CT molecular complexity index is 1770. The molecule has 0 aliphatic heterocycles. The van der Waals surface area contributed by atoms with E-state index in [1.54, 1.807) is 0 Å². The van der Waals surface area contributed by atoms with Gasteiger partial charge in [0.1, 0.15) is 19.3 Å². The van der Waals surface area contributed by atoms with Crippen LogP contribution < -0.4 is 0 Å². The molecule has 0 aliphatic rings. The molecule has 90 heavy (non-hydrogen) atoms. The van der Waals surface area contributed by atoms with E-state index in [4.69, 9.17) is 37.0 Å². The predicted octanol–water partition coefficient (Wildman–Crippen LogP) is 20.2. The van der Waals surface area contributed by atoms with Crippen LogP contribution in [0.15, 0.2) is 0 Å². The molecule has 0 aromatic rings. The van der Waals surface area contributed by atoms with Crippen LogP contribution in [-0.4, -0.2) is 96.7 Å². The van der Waals surface area contributed by atoms with E-state index in [0.29, 0.717) is 31.6 Å². The van der Waals surface area contributed by atoms with Crippen molar-refractivity contribution >= 4 is 39.5 Å². The average molecular weight is 1330 g/mol. The van der Waals surface area contributed by atoms with Gasteiger partial charge in [0.25, 0.3) is 0 Å². The van der Waals surface area contributed by atoms with Gasteiger partial charge in [0.15, 0.2) is 12.2 Å². The fourth-order valence-corrected chi connectivity index (χ4v) is 12.3. The maximum atomic E-state index is 13.0. The summed E-state index contributed by atoms with van der Waals surface area (Å²) in [5, 5.41) is 10.6. The molecule has 19 heteroatoms. The maximum absolute atomic E-state index is 13.0. The lowest BCUT2D eigenvalue weighted by atomic mass is 10.0. The summed E-state index contributed by atoms with van der Waals surface area (Å²) in [5.74, 6) is 0.118. The van der Waals surface area contributed by atoms with Gasteiger partial charge < -0.3 is 33.8 Å². The smallest absolute Gasteiger partial charge is 0.462 e. The molecule has 2 unspecified atom stereocenters. The topological polar surface area (TPSA) is 237 Å². The van der Waals surface area contributed by atoms with Crippen LogP contribution in [0.2, 0.25) is 0 Å². The van der Waals surface area contributed by atoms with Gasteiger partial charge in [0.2, 0.25) is 0 Å². The Morgan fingerprint density at radius 1 is 0.300 bits per heavy atom. The molecule has 0 bridgehead atoms. The summed E-state index contributed by atoms with van der Waals surface area (Å²) in [4.78, 5) is 72.4. The highest BCUT2D eigenvalue weighted by molar-refractivity contribution is 7.47. The van der Waals surface area contributed by atoms with Gasteiger partial charge in [0, 0.05) is 25.7 Å². The molecule has 0 saturated carbocycles. The lowest BCUT2D eigenvalue weighted by molar-refractivity contribution is -0.161. The number of unbranched alkanes of at least 4 members (excludes halogenated alkanes) is 37. The number of carbonyl (C=O) groups is 4. The predicted molar refractivity (Wildman–Crippen MR) is 363 cm³/mol. The minimum Gasteiger partial charge on any atom is -0.462 e. The molecule has 5 atom stereocenters. The molecule has 0 spiro atoms. The highest BCUT2D eigenvalue weighted by atomic mass is 31.2. The van der Waals surface area contributed by atoms with Crippen molar-refractivity contribution in [2.24, 2.45) is 17.8 Å². The zero-order valence-electron chi connectivity index (χ0n) is 58.6. The molecular weight excluding hydrogens is 1190 g/mol. The Hall–Kier alpha value is -1.94. The quantitative estimate of drug-likeness (QED) is 0.0222. The molecule has 0 aromatic heterocycles. The van der Waals surface area contributed by atoms with E-state index in [0.717, 1.165) is 108 Å². The molecule has 0 aliphatic carbocycles. The van der Waals surface area contributed by atoms with Crippen molar-refractivity contribution in [1.29, 1.82) is 0 Å². The Morgan fingerprint density at radius 3 is 0.756 bits per heavy atom. The van der Waals surface area contributed by atoms with Gasteiger partial charge in [-0.05, 0) is 43.4 Å². The van der Waals surface area contributed by atoms with Crippen molar-refractivity contribution in [2.45, 2.75) is 375 Å². The first-order valence-electron chi connectivity index (χ1n) is 36.8. The van der Waals surface area contributed by atoms with Gasteiger partial charge in [-0.25, -0.2) is 9.13 Å². The number of rotatable bonds is 69. The van der Waals surface area contributed by atoms with E-state index in [1.807, 2.05) is 0 Å². The number of carbonyl (C=O) groups excluding carboxylic acids is 4. The van der Waals surface area contributed by atoms with Crippen molar-refractivity contribution in [1.82, 2.24) is 0 Å². The Kier molecular flexibility index (Phi) is 60.6. The van der Waals surface area contributed by atoms with Crippen LogP contribution >= 0.6 is 15.6 Å². The summed E-state index contributed by atoms with van der Waals surface area (Å²) in [7, 11) is -9.90. The molecule has 0 radical (unpaired) electrons. The number of aliphatic hydroxyl groups is 1. The standard InChI is InChI=1S/C71H138O17P2/c1-8-9-10-11-12-30-38-45-52-68(73)81-59-67(88-71(76)55-48-41-34-33-37-44-51-64(6)7)61-86-90(79,80)84-57-65(72)56-83-89(77,78)85-60-66(58-82-69(74)53-46-39-31-26-23-19-21-25-29-36-43-50-63(4)5)87-70(75)54-47-40-32-27-22-18-16-14-13-15-17-20-24-28-35-42-49-62(2)3/h62-67,72H,8-61H2,1-7H3,(H,77,78)(H,79,80)/t65-,66-,67-/m1/s1. The van der Waals surface area contributed by atoms with Crippen LogP contribution in [0.4, 0.5) is 0 Å². The lowest BCUT2D eigenvalue weighted by Gasteiger charge is -2.21. The number of ether oxygens (including phenoxy) is 4. The Balaban J connectivity index is 5.19. The summed E-state index contributed by atoms with van der Waals surface area (Å²) in [6.45, 7) is 11.8. The summed E-state index contributed by atoms with van der Waals surface area (Å²) < 4.78 is 68.2. The second-order valence-electron chi connectivity index (χ2n) is 27.1. The highest BCUT2D eigenvalue weighted by Gasteiger charge is 2.30. The zero-order chi connectivity index (χ0) is 66.6. The summed E-state index contributed by atoms with van der Waals surface area (Å²) in [5.41, 5.74) is 0. The largest absolute Gasteiger partial charge is 0.472 e. The highest BCUT2D eigenvalue weighted by Crippen LogP contribution is 2.45. The number of esters is 4. The molecule has 0 heterocycles. The van der Waals surface area contributed by atoms with Gasteiger partial charge in [-0.15, -0.1) is 0 Å². The minimum absolute atomic E-state index is 0.102. The van der Waals surface area contributed by atoms with Crippen molar-refractivity contribution < 1.29 is 80.2 Å². The summed E-state index contributed by atoms with van der Waals surface area (Å²) >= 11 is 0. The van der Waals surface area contributed by atoms with Gasteiger partial charge in [0.05, 0.1) is 26.4 Å². The fraction of sp³-hybridized carbons (Fsp3) is 0.944. The molecule has 17 nitrogen and oxygen atoms in total. The van der Waals surface area contributed by atoms with Crippen molar-refractivity contribution in [3.8, 4) is 0 Å². The number of hydrogen-bond donors (Lipinski definition) is 3. The lowest BCUT2D eigenvalue weighted by Crippen LogP contribution is -2.30. The van der Waals surface area contributed by atoms with E-state index >= 15 is 0 Å². The molecule has 0 amide bonds. The number of phosphoric acid groups is 2. The van der Waals surface area contributed by atoms with Crippen LogP contribution in [-0.2, 0) is 65.4 Å². The normalized spacial score (nSPS) is 14.2. The van der Waals surface area contributed by atoms with Crippen LogP contribution in [0.1, 0.15) is 357 Å².